The topological polar surface area (TPSA) is 73.9 Å². The van der Waals surface area contributed by atoms with Crippen molar-refractivity contribution in [2.24, 2.45) is 5.73 Å². The van der Waals surface area contributed by atoms with Gasteiger partial charge in [0, 0.05) is 17.8 Å². The van der Waals surface area contributed by atoms with Crippen molar-refractivity contribution in [3.05, 3.63) is 23.3 Å². The molecule has 2 heterocycles. The number of hydrogen-bond donors (Lipinski definition) is 1. The van der Waals surface area contributed by atoms with Crippen molar-refractivity contribution in [2.75, 3.05) is 7.11 Å². The first kappa shape index (κ1) is 11.0. The minimum absolute atomic E-state index is 0.0880. The fraction of sp³-hybridized carbons (Fsp3) is 0.300. The summed E-state index contributed by atoms with van der Waals surface area (Å²) in [6, 6.07) is 3.55. The van der Waals surface area contributed by atoms with Crippen LogP contribution in [0.15, 0.2) is 18.3 Å². The lowest BCUT2D eigenvalue weighted by atomic mass is 10.2. The molecule has 2 rings (SSSR count). The zero-order valence-corrected chi connectivity index (χ0v) is 9.86. The van der Waals surface area contributed by atoms with Gasteiger partial charge in [0.1, 0.15) is 5.01 Å². The maximum absolute atomic E-state index is 5.73. The molecule has 2 aromatic rings. The van der Waals surface area contributed by atoms with Gasteiger partial charge in [-0.1, -0.05) is 0 Å². The van der Waals surface area contributed by atoms with Crippen molar-refractivity contribution < 1.29 is 4.74 Å². The summed E-state index contributed by atoms with van der Waals surface area (Å²) >= 11 is 1.32. The molecule has 2 N–H and O–H groups in total. The summed E-state index contributed by atoms with van der Waals surface area (Å²) in [5, 5.41) is 0.825. The quantitative estimate of drug-likeness (QED) is 0.876. The molecule has 5 nitrogen and oxygen atoms in total. The molecule has 0 bridgehead atoms. The molecule has 0 aliphatic heterocycles. The van der Waals surface area contributed by atoms with Crippen LogP contribution in [0, 0.1) is 0 Å². The molecule has 0 fully saturated rings. The van der Waals surface area contributed by atoms with Crippen LogP contribution >= 0.6 is 11.5 Å². The highest BCUT2D eigenvalue weighted by Crippen LogP contribution is 2.22. The van der Waals surface area contributed by atoms with Crippen molar-refractivity contribution in [2.45, 2.75) is 13.0 Å². The Hall–Kier alpha value is -1.53. The van der Waals surface area contributed by atoms with Gasteiger partial charge in [-0.3, -0.25) is 0 Å². The van der Waals surface area contributed by atoms with Gasteiger partial charge < -0.3 is 10.5 Å². The lowest BCUT2D eigenvalue weighted by Gasteiger charge is -1.99. The van der Waals surface area contributed by atoms with E-state index in [1.165, 1.54) is 11.5 Å². The van der Waals surface area contributed by atoms with Crippen LogP contribution in [0.25, 0.3) is 11.4 Å². The number of hydrogen-bond acceptors (Lipinski definition) is 6. The Balaban J connectivity index is 2.34. The molecule has 1 atom stereocenters. The van der Waals surface area contributed by atoms with Crippen molar-refractivity contribution >= 4 is 11.5 Å². The Kier molecular flexibility index (Phi) is 3.12. The van der Waals surface area contributed by atoms with Crippen LogP contribution in [-0.2, 0) is 0 Å². The number of methoxy groups -OCH3 is 1. The van der Waals surface area contributed by atoms with Crippen molar-refractivity contribution in [3.8, 4) is 17.3 Å². The number of nitrogens with zero attached hydrogens (tertiary/aromatic N) is 3. The molecule has 0 saturated heterocycles. The third-order valence-corrected chi connectivity index (χ3v) is 2.95. The van der Waals surface area contributed by atoms with E-state index in [1.807, 2.05) is 13.0 Å². The second-order valence-electron chi connectivity index (χ2n) is 3.33. The summed E-state index contributed by atoms with van der Waals surface area (Å²) in [4.78, 5) is 8.38. The van der Waals surface area contributed by atoms with E-state index in [-0.39, 0.29) is 6.04 Å². The summed E-state index contributed by atoms with van der Waals surface area (Å²) in [7, 11) is 1.58. The normalized spacial score (nSPS) is 12.4. The molecule has 0 aliphatic carbocycles. The third-order valence-electron chi connectivity index (χ3n) is 2.03. The fourth-order valence-corrected chi connectivity index (χ4v) is 1.82. The molecule has 16 heavy (non-hydrogen) atoms. The monoisotopic (exact) mass is 236 g/mol. The summed E-state index contributed by atoms with van der Waals surface area (Å²) in [6.45, 7) is 1.89. The largest absolute Gasteiger partial charge is 0.481 e. The van der Waals surface area contributed by atoms with Crippen LogP contribution in [-0.4, -0.2) is 21.5 Å². The Morgan fingerprint density at radius 1 is 1.50 bits per heavy atom. The average molecular weight is 236 g/mol. The van der Waals surface area contributed by atoms with Gasteiger partial charge in [0.2, 0.25) is 5.88 Å². The van der Waals surface area contributed by atoms with E-state index in [0.717, 1.165) is 10.6 Å². The summed E-state index contributed by atoms with van der Waals surface area (Å²) in [5.41, 5.74) is 6.62. The van der Waals surface area contributed by atoms with Gasteiger partial charge in [-0.05, 0) is 24.5 Å². The van der Waals surface area contributed by atoms with Gasteiger partial charge in [0.05, 0.1) is 13.2 Å². The SMILES string of the molecule is COc1cc(-c2nsc(C(C)N)n2)ccn1. The van der Waals surface area contributed by atoms with Gasteiger partial charge in [0.15, 0.2) is 5.82 Å². The second-order valence-corrected chi connectivity index (χ2v) is 4.12. The van der Waals surface area contributed by atoms with Crippen molar-refractivity contribution in [1.29, 1.82) is 0 Å². The molecule has 1 unspecified atom stereocenters. The van der Waals surface area contributed by atoms with Crippen LogP contribution in [0.4, 0.5) is 0 Å². The van der Waals surface area contributed by atoms with E-state index in [2.05, 4.69) is 14.3 Å². The first-order valence-electron chi connectivity index (χ1n) is 4.80. The molecule has 84 valence electrons. The van der Waals surface area contributed by atoms with E-state index in [4.69, 9.17) is 10.5 Å². The minimum Gasteiger partial charge on any atom is -0.481 e. The first-order chi connectivity index (χ1) is 7.70. The Morgan fingerprint density at radius 3 is 2.94 bits per heavy atom. The highest BCUT2D eigenvalue weighted by atomic mass is 32.1. The highest BCUT2D eigenvalue weighted by molar-refractivity contribution is 7.05. The Bertz CT molecular complexity index is 483. The zero-order valence-electron chi connectivity index (χ0n) is 9.04. The standard InChI is InChI=1S/C10H12N4OS/c1-6(11)10-13-9(14-16-10)7-3-4-12-8(5-7)15-2/h3-6H,11H2,1-2H3. The van der Waals surface area contributed by atoms with Gasteiger partial charge >= 0.3 is 0 Å². The van der Waals surface area contributed by atoms with Gasteiger partial charge in [-0.2, -0.15) is 4.37 Å². The summed E-state index contributed by atoms with van der Waals surface area (Å²) in [5.74, 6) is 1.22. The molecule has 2 aromatic heterocycles. The van der Waals surface area contributed by atoms with Gasteiger partial charge in [-0.25, -0.2) is 9.97 Å². The Labute approximate surface area is 97.5 Å². The summed E-state index contributed by atoms with van der Waals surface area (Å²) < 4.78 is 9.29. The minimum atomic E-state index is -0.0880. The predicted octanol–water partition coefficient (Wildman–Crippen LogP) is 1.63. The molecule has 0 saturated carbocycles. The number of ether oxygens (including phenoxy) is 1. The van der Waals surface area contributed by atoms with E-state index in [1.54, 1.807) is 19.4 Å². The molecule has 0 spiro atoms. The number of aromatic nitrogens is 3. The molecule has 0 radical (unpaired) electrons. The average Bonchev–Trinajstić information content (AvgIpc) is 2.78. The van der Waals surface area contributed by atoms with Crippen molar-refractivity contribution in [3.63, 3.8) is 0 Å². The molecule has 6 heteroatoms. The number of nitrogens with two attached hydrogens (primary N) is 1. The maximum atomic E-state index is 5.73. The van der Waals surface area contributed by atoms with Crippen molar-refractivity contribution in [1.82, 2.24) is 14.3 Å². The molecule has 0 aliphatic rings. The second kappa shape index (κ2) is 4.54. The smallest absolute Gasteiger partial charge is 0.213 e. The van der Waals surface area contributed by atoms with Gasteiger partial charge in [0.25, 0.3) is 0 Å². The van der Waals surface area contributed by atoms with Crippen LogP contribution in [0.1, 0.15) is 18.0 Å². The summed E-state index contributed by atoms with van der Waals surface area (Å²) in [6.07, 6.45) is 1.67. The molecule has 0 amide bonds. The fourth-order valence-electron chi connectivity index (χ4n) is 1.20. The number of pyridine rings is 1. The molecular weight excluding hydrogens is 224 g/mol. The molecule has 0 aromatic carbocycles. The van der Waals surface area contributed by atoms with Crippen LogP contribution in [0.3, 0.4) is 0 Å². The lowest BCUT2D eigenvalue weighted by Crippen LogP contribution is -2.03. The van der Waals surface area contributed by atoms with Gasteiger partial charge in [-0.15, -0.1) is 0 Å². The van der Waals surface area contributed by atoms with E-state index in [9.17, 15) is 0 Å². The first-order valence-corrected chi connectivity index (χ1v) is 5.57. The van der Waals surface area contributed by atoms with Crippen LogP contribution in [0.2, 0.25) is 0 Å². The number of rotatable bonds is 3. The van der Waals surface area contributed by atoms with E-state index >= 15 is 0 Å². The maximum Gasteiger partial charge on any atom is 0.213 e. The lowest BCUT2D eigenvalue weighted by molar-refractivity contribution is 0.398. The highest BCUT2D eigenvalue weighted by Gasteiger charge is 2.10. The zero-order chi connectivity index (χ0) is 11.5. The Morgan fingerprint density at radius 2 is 2.31 bits per heavy atom. The van der Waals surface area contributed by atoms with E-state index < -0.39 is 0 Å². The third kappa shape index (κ3) is 2.17. The molecular formula is C10H12N4OS. The van der Waals surface area contributed by atoms with Crippen LogP contribution < -0.4 is 10.5 Å². The predicted molar refractivity (Wildman–Crippen MR) is 62.3 cm³/mol. The van der Waals surface area contributed by atoms with Crippen LogP contribution in [0.5, 0.6) is 5.88 Å². The van der Waals surface area contributed by atoms with E-state index in [0.29, 0.717) is 11.7 Å².